The lowest BCUT2D eigenvalue weighted by Gasteiger charge is -2.28. The van der Waals surface area contributed by atoms with Crippen LogP contribution in [0.2, 0.25) is 0 Å². The average molecular weight is 408 g/mol. The fourth-order valence-corrected chi connectivity index (χ4v) is 4.31. The van der Waals surface area contributed by atoms with Crippen LogP contribution >= 0.6 is 0 Å². The molecule has 0 bridgehead atoms. The number of allylic oxidation sites excluding steroid dienone is 1. The van der Waals surface area contributed by atoms with Crippen LogP contribution in [0.25, 0.3) is 16.7 Å². The van der Waals surface area contributed by atoms with Gasteiger partial charge in [0, 0.05) is 0 Å². The Morgan fingerprint density at radius 1 is 0.931 bits per heavy atom. The van der Waals surface area contributed by atoms with E-state index in [0.29, 0.717) is 11.5 Å². The molecule has 0 amide bonds. The maximum absolute atomic E-state index is 14.2. The summed E-state index contributed by atoms with van der Waals surface area (Å²) in [5, 5.41) is 0. The van der Waals surface area contributed by atoms with Crippen LogP contribution in [0.5, 0.6) is 0 Å². The predicted octanol–water partition coefficient (Wildman–Crippen LogP) is 8.28. The van der Waals surface area contributed by atoms with E-state index in [1.807, 2.05) is 12.1 Å². The van der Waals surface area contributed by atoms with E-state index in [0.717, 1.165) is 30.9 Å². The smallest absolute Gasteiger partial charge is 0.206 e. The molecule has 1 fully saturated rings. The molecule has 0 nitrogen and oxygen atoms in total. The summed E-state index contributed by atoms with van der Waals surface area (Å²) < 4.78 is 66.8. The minimum atomic E-state index is -4.89. The van der Waals surface area contributed by atoms with Crippen molar-refractivity contribution in [1.82, 2.24) is 0 Å². The fraction of sp³-hybridized carbons (Fsp3) is 0.417. The van der Waals surface area contributed by atoms with Crippen LogP contribution in [0.3, 0.4) is 0 Å². The molecular formula is C24H25F5. The Hall–Kier alpha value is -2.17. The summed E-state index contributed by atoms with van der Waals surface area (Å²) in [6.07, 6.45) is 2.33. The first-order valence-corrected chi connectivity index (χ1v) is 10.1. The van der Waals surface area contributed by atoms with E-state index in [2.05, 4.69) is 13.5 Å². The average Bonchev–Trinajstić information content (AvgIpc) is 2.67. The van der Waals surface area contributed by atoms with Crippen molar-refractivity contribution < 1.29 is 22.0 Å². The van der Waals surface area contributed by atoms with Crippen molar-refractivity contribution in [3.05, 3.63) is 65.7 Å². The van der Waals surface area contributed by atoms with Gasteiger partial charge < -0.3 is 0 Å². The number of halogens is 5. The summed E-state index contributed by atoms with van der Waals surface area (Å²) in [6, 6.07) is 9.33. The molecule has 0 saturated heterocycles. The third kappa shape index (κ3) is 4.88. The van der Waals surface area contributed by atoms with Crippen LogP contribution in [-0.4, -0.2) is 6.18 Å². The molecule has 1 aliphatic rings. The van der Waals surface area contributed by atoms with E-state index < -0.39 is 28.9 Å². The second-order valence-electron chi connectivity index (χ2n) is 7.92. The van der Waals surface area contributed by atoms with Gasteiger partial charge in [0.05, 0.1) is 11.1 Å². The summed E-state index contributed by atoms with van der Waals surface area (Å²) in [4.78, 5) is 0. The second kappa shape index (κ2) is 8.68. The molecule has 5 heteroatoms. The highest BCUT2D eigenvalue weighted by atomic mass is 19.4. The Labute approximate surface area is 168 Å². The van der Waals surface area contributed by atoms with Crippen LogP contribution in [0.4, 0.5) is 22.0 Å². The van der Waals surface area contributed by atoms with Gasteiger partial charge in [-0.1, -0.05) is 50.6 Å². The molecule has 0 heterocycles. The Balaban J connectivity index is 1.78. The third-order valence-electron chi connectivity index (χ3n) is 5.95. The summed E-state index contributed by atoms with van der Waals surface area (Å²) in [7, 11) is 0. The fourth-order valence-electron chi connectivity index (χ4n) is 4.31. The maximum atomic E-state index is 14.2. The van der Waals surface area contributed by atoms with E-state index in [1.54, 1.807) is 12.1 Å². The highest BCUT2D eigenvalue weighted by Gasteiger charge is 2.36. The van der Waals surface area contributed by atoms with E-state index in [-0.39, 0.29) is 5.56 Å². The van der Waals surface area contributed by atoms with Crippen LogP contribution in [-0.2, 0) is 0 Å². The summed E-state index contributed by atoms with van der Waals surface area (Å²) >= 11 is 0. The Kier molecular flexibility index (Phi) is 6.45. The van der Waals surface area contributed by atoms with E-state index >= 15 is 0 Å². The van der Waals surface area contributed by atoms with Crippen LogP contribution in [0, 0.1) is 17.6 Å². The Morgan fingerprint density at radius 3 is 1.97 bits per heavy atom. The van der Waals surface area contributed by atoms with Crippen molar-refractivity contribution in [2.24, 2.45) is 5.92 Å². The van der Waals surface area contributed by atoms with Crippen LogP contribution < -0.4 is 0 Å². The first kappa shape index (κ1) is 21.5. The molecule has 2 aromatic rings. The molecule has 0 spiro atoms. The molecule has 156 valence electrons. The van der Waals surface area contributed by atoms with Crippen molar-refractivity contribution in [2.45, 2.75) is 57.5 Å². The molecule has 0 aliphatic heterocycles. The van der Waals surface area contributed by atoms with Crippen molar-refractivity contribution in [3.63, 3.8) is 0 Å². The lowest BCUT2D eigenvalue weighted by Crippen LogP contribution is -2.13. The molecule has 0 aromatic heterocycles. The van der Waals surface area contributed by atoms with Crippen molar-refractivity contribution >= 4 is 5.57 Å². The normalized spacial score (nSPS) is 19.9. The van der Waals surface area contributed by atoms with Crippen molar-refractivity contribution in [1.29, 1.82) is 0 Å². The second-order valence-corrected chi connectivity index (χ2v) is 7.92. The number of alkyl halides is 3. The SMILES string of the molecule is C=C(c1c(F)cc(-c2ccc(C3CCC(CCC)CC3)cc2)cc1F)C(F)(F)F. The quantitative estimate of drug-likeness (QED) is 0.437. The Morgan fingerprint density at radius 2 is 1.48 bits per heavy atom. The summed E-state index contributed by atoms with van der Waals surface area (Å²) in [5.74, 6) is -1.23. The molecule has 1 saturated carbocycles. The van der Waals surface area contributed by atoms with Gasteiger partial charge >= 0.3 is 6.18 Å². The van der Waals surface area contributed by atoms with E-state index in [4.69, 9.17) is 0 Å². The first-order valence-electron chi connectivity index (χ1n) is 10.1. The number of hydrogen-bond acceptors (Lipinski definition) is 0. The van der Waals surface area contributed by atoms with Crippen LogP contribution in [0.15, 0.2) is 43.0 Å². The third-order valence-corrected chi connectivity index (χ3v) is 5.95. The molecular weight excluding hydrogens is 383 g/mol. The highest BCUT2D eigenvalue weighted by molar-refractivity contribution is 5.72. The van der Waals surface area contributed by atoms with Crippen molar-refractivity contribution in [2.75, 3.05) is 0 Å². The molecule has 1 aliphatic carbocycles. The van der Waals surface area contributed by atoms with Gasteiger partial charge in [-0.25, -0.2) is 8.78 Å². The number of rotatable bonds is 5. The largest absolute Gasteiger partial charge is 0.416 e. The first-order chi connectivity index (χ1) is 13.7. The van der Waals surface area contributed by atoms with Crippen molar-refractivity contribution in [3.8, 4) is 11.1 Å². The summed E-state index contributed by atoms with van der Waals surface area (Å²) in [5.41, 5.74) is -0.672. The Bertz CT molecular complexity index is 833. The van der Waals surface area contributed by atoms with Gasteiger partial charge in [0.2, 0.25) is 0 Å². The summed E-state index contributed by atoms with van der Waals surface area (Å²) in [6.45, 7) is 5.01. The highest BCUT2D eigenvalue weighted by Crippen LogP contribution is 2.39. The van der Waals surface area contributed by atoms with Gasteiger partial charge in [0.15, 0.2) is 0 Å². The van der Waals surface area contributed by atoms with Gasteiger partial charge in [-0.05, 0) is 66.3 Å². The van der Waals surface area contributed by atoms with Gasteiger partial charge in [-0.15, -0.1) is 0 Å². The molecule has 29 heavy (non-hydrogen) atoms. The van der Waals surface area contributed by atoms with Crippen LogP contribution in [0.1, 0.15) is 62.5 Å². The topological polar surface area (TPSA) is 0 Å². The molecule has 3 rings (SSSR count). The minimum Gasteiger partial charge on any atom is -0.206 e. The molecule has 2 aromatic carbocycles. The van der Waals surface area contributed by atoms with Gasteiger partial charge in [0.1, 0.15) is 11.6 Å². The molecule has 0 atom stereocenters. The lowest BCUT2D eigenvalue weighted by atomic mass is 9.77. The van der Waals surface area contributed by atoms with Gasteiger partial charge in [0.25, 0.3) is 0 Å². The molecule has 0 radical (unpaired) electrons. The predicted molar refractivity (Wildman–Crippen MR) is 106 cm³/mol. The monoisotopic (exact) mass is 408 g/mol. The zero-order chi connectivity index (χ0) is 21.2. The lowest BCUT2D eigenvalue weighted by molar-refractivity contribution is -0.0690. The zero-order valence-corrected chi connectivity index (χ0v) is 16.5. The number of benzene rings is 2. The van der Waals surface area contributed by atoms with E-state index in [1.165, 1.54) is 31.2 Å². The minimum absolute atomic E-state index is 0.205. The van der Waals surface area contributed by atoms with E-state index in [9.17, 15) is 22.0 Å². The van der Waals surface area contributed by atoms with Gasteiger partial charge in [-0.2, -0.15) is 13.2 Å². The standard InChI is InChI=1S/C24H25F5/c1-3-4-16-5-7-17(8-6-16)18-9-11-19(12-10-18)20-13-21(25)23(22(26)14-20)15(2)24(27,28)29/h9-14,16-17H,2-8H2,1H3. The maximum Gasteiger partial charge on any atom is 0.416 e. The zero-order valence-electron chi connectivity index (χ0n) is 16.5. The van der Waals surface area contributed by atoms with Gasteiger partial charge in [-0.3, -0.25) is 0 Å². The molecule has 0 N–H and O–H groups in total. The molecule has 0 unspecified atom stereocenters. The number of hydrogen-bond donors (Lipinski definition) is 0.